The summed E-state index contributed by atoms with van der Waals surface area (Å²) in [6, 6.07) is 8.95. The molecule has 1 amide bonds. The Balaban J connectivity index is 0.00000225. The molecule has 2 bridgehead atoms. The molecule has 25 heavy (non-hydrogen) atoms. The highest BCUT2D eigenvalue weighted by molar-refractivity contribution is 7.99. The Morgan fingerprint density at radius 3 is 2.40 bits per heavy atom. The number of carbonyl (C=O) groups is 1. The van der Waals surface area contributed by atoms with Crippen LogP contribution < -0.4 is 11.1 Å². The lowest BCUT2D eigenvalue weighted by molar-refractivity contribution is -0.128. The van der Waals surface area contributed by atoms with Crippen LogP contribution in [0.1, 0.15) is 57.6 Å². The number of carbonyl (C=O) groups excluding carboxylic acids is 1. The summed E-state index contributed by atoms with van der Waals surface area (Å²) < 4.78 is 0. The molecule has 0 radical (unpaired) electrons. The second-order valence-corrected chi connectivity index (χ2v) is 8.77. The van der Waals surface area contributed by atoms with Gasteiger partial charge in [0, 0.05) is 16.9 Å². The minimum Gasteiger partial charge on any atom is -0.349 e. The van der Waals surface area contributed by atoms with Crippen LogP contribution in [-0.4, -0.2) is 17.7 Å². The maximum Gasteiger partial charge on any atom is 0.223 e. The van der Waals surface area contributed by atoms with Crippen molar-refractivity contribution in [3.05, 3.63) is 29.8 Å². The van der Waals surface area contributed by atoms with Gasteiger partial charge in [-0.25, -0.2) is 0 Å². The monoisotopic (exact) mass is 382 g/mol. The predicted octanol–water partition coefficient (Wildman–Crippen LogP) is 4.55. The summed E-state index contributed by atoms with van der Waals surface area (Å²) in [7, 11) is 0. The maximum absolute atomic E-state index is 12.7. The highest BCUT2D eigenvalue weighted by Gasteiger charge is 2.40. The molecule has 3 unspecified atom stereocenters. The number of nitrogens with one attached hydrogen (secondary N) is 1. The number of hydrogen-bond donors (Lipinski definition) is 2. The molecule has 2 aliphatic carbocycles. The van der Waals surface area contributed by atoms with Crippen LogP contribution in [0.25, 0.3) is 0 Å². The van der Waals surface area contributed by atoms with E-state index in [1.807, 2.05) is 11.8 Å². The molecule has 1 aromatic rings. The highest BCUT2D eigenvalue weighted by Crippen LogP contribution is 2.42. The van der Waals surface area contributed by atoms with Gasteiger partial charge in [-0.05, 0) is 67.9 Å². The van der Waals surface area contributed by atoms with Crippen LogP contribution in [0.4, 0.5) is 0 Å². The second-order valence-electron chi connectivity index (χ2n) is 7.43. The van der Waals surface area contributed by atoms with Crippen molar-refractivity contribution in [2.24, 2.45) is 23.5 Å². The summed E-state index contributed by atoms with van der Waals surface area (Å²) in [5.74, 6) is 2.55. The SMILES string of the molecule is CCSc1ccc(C(C)NC(=O)C2CC3CCCC(C2)C3N)cc1.Cl. The maximum atomic E-state index is 12.7. The molecule has 2 saturated carbocycles. The summed E-state index contributed by atoms with van der Waals surface area (Å²) in [6.07, 6.45) is 5.64. The molecule has 1 aromatic carbocycles. The second kappa shape index (κ2) is 9.29. The van der Waals surface area contributed by atoms with Gasteiger partial charge in [0.2, 0.25) is 5.91 Å². The van der Waals surface area contributed by atoms with Crippen molar-refractivity contribution in [1.82, 2.24) is 5.32 Å². The minimum atomic E-state index is 0. The van der Waals surface area contributed by atoms with Crippen molar-refractivity contribution in [3.8, 4) is 0 Å². The molecule has 2 aliphatic rings. The predicted molar refractivity (Wildman–Crippen MR) is 108 cm³/mol. The Hall–Kier alpha value is -0.710. The number of nitrogens with two attached hydrogens (primary N) is 1. The van der Waals surface area contributed by atoms with Gasteiger partial charge in [0.1, 0.15) is 0 Å². The Labute approximate surface area is 162 Å². The number of amides is 1. The zero-order chi connectivity index (χ0) is 17.1. The van der Waals surface area contributed by atoms with Crippen molar-refractivity contribution < 1.29 is 4.79 Å². The first-order valence-electron chi connectivity index (χ1n) is 9.37. The Morgan fingerprint density at radius 1 is 1.24 bits per heavy atom. The van der Waals surface area contributed by atoms with Crippen molar-refractivity contribution in [3.63, 3.8) is 0 Å². The lowest BCUT2D eigenvalue weighted by Crippen LogP contribution is -2.49. The molecule has 3 rings (SSSR count). The minimum absolute atomic E-state index is 0. The van der Waals surface area contributed by atoms with Crippen LogP contribution >= 0.6 is 24.2 Å². The van der Waals surface area contributed by atoms with E-state index in [0.717, 1.165) is 18.6 Å². The van der Waals surface area contributed by atoms with Gasteiger partial charge in [0.15, 0.2) is 0 Å². The van der Waals surface area contributed by atoms with E-state index in [1.165, 1.54) is 29.7 Å². The van der Waals surface area contributed by atoms with Gasteiger partial charge in [0.25, 0.3) is 0 Å². The van der Waals surface area contributed by atoms with E-state index in [9.17, 15) is 4.79 Å². The fourth-order valence-corrected chi connectivity index (χ4v) is 5.10. The first kappa shape index (κ1) is 20.6. The number of rotatable bonds is 5. The number of benzene rings is 1. The van der Waals surface area contributed by atoms with E-state index < -0.39 is 0 Å². The normalized spacial score (nSPS) is 29.4. The average Bonchev–Trinajstić information content (AvgIpc) is 2.55. The molecule has 5 heteroatoms. The van der Waals surface area contributed by atoms with E-state index in [2.05, 4.69) is 43.4 Å². The summed E-state index contributed by atoms with van der Waals surface area (Å²) in [5, 5.41) is 3.23. The molecule has 3 atom stereocenters. The van der Waals surface area contributed by atoms with E-state index in [0.29, 0.717) is 17.9 Å². The number of halogens is 1. The fourth-order valence-electron chi connectivity index (χ4n) is 4.44. The van der Waals surface area contributed by atoms with Crippen LogP contribution in [0.15, 0.2) is 29.2 Å². The molecule has 140 valence electrons. The molecule has 0 aliphatic heterocycles. The van der Waals surface area contributed by atoms with E-state index in [-0.39, 0.29) is 30.3 Å². The van der Waals surface area contributed by atoms with Crippen LogP contribution in [0.3, 0.4) is 0 Å². The molecular weight excluding hydrogens is 352 g/mol. The lowest BCUT2D eigenvalue weighted by Gasteiger charge is -2.43. The van der Waals surface area contributed by atoms with Crippen LogP contribution in [0, 0.1) is 17.8 Å². The lowest BCUT2D eigenvalue weighted by atomic mass is 9.65. The van der Waals surface area contributed by atoms with Crippen molar-refractivity contribution >= 4 is 30.1 Å². The van der Waals surface area contributed by atoms with Gasteiger partial charge in [-0.1, -0.05) is 25.5 Å². The zero-order valence-corrected chi connectivity index (χ0v) is 16.9. The number of fused-ring (bicyclic) bond motifs is 2. The molecule has 3 N–H and O–H groups in total. The summed E-state index contributed by atoms with van der Waals surface area (Å²) in [4.78, 5) is 14.0. The third kappa shape index (κ3) is 4.93. The van der Waals surface area contributed by atoms with Crippen molar-refractivity contribution in [1.29, 1.82) is 0 Å². The average molecular weight is 383 g/mol. The van der Waals surface area contributed by atoms with Crippen LogP contribution in [0.2, 0.25) is 0 Å². The number of thioether (sulfide) groups is 1. The largest absolute Gasteiger partial charge is 0.349 e. The third-order valence-corrected chi connectivity index (χ3v) is 6.73. The summed E-state index contributed by atoms with van der Waals surface area (Å²) >= 11 is 1.84. The topological polar surface area (TPSA) is 55.1 Å². The Morgan fingerprint density at radius 2 is 1.84 bits per heavy atom. The van der Waals surface area contributed by atoms with Gasteiger partial charge in [-0.2, -0.15) is 0 Å². The van der Waals surface area contributed by atoms with E-state index in [1.54, 1.807) is 0 Å². The first-order valence-corrected chi connectivity index (χ1v) is 10.4. The van der Waals surface area contributed by atoms with E-state index >= 15 is 0 Å². The highest BCUT2D eigenvalue weighted by atomic mass is 35.5. The molecular formula is C20H31ClN2OS. The third-order valence-electron chi connectivity index (χ3n) is 5.83. The van der Waals surface area contributed by atoms with Crippen molar-refractivity contribution in [2.45, 2.75) is 62.9 Å². The molecule has 3 nitrogen and oxygen atoms in total. The molecule has 2 fully saturated rings. The standard InChI is InChI=1S/C20H30N2OS.ClH/c1-3-24-18-9-7-14(8-10-18)13(2)22-20(23)17-11-15-5-4-6-16(12-17)19(15)21;/h7-10,13,15-17,19H,3-6,11-12,21H2,1-2H3,(H,22,23);1H. The van der Waals surface area contributed by atoms with Crippen molar-refractivity contribution in [2.75, 3.05) is 5.75 Å². The van der Waals surface area contributed by atoms with Crippen LogP contribution in [-0.2, 0) is 4.79 Å². The van der Waals surface area contributed by atoms with Gasteiger partial charge in [0.05, 0.1) is 6.04 Å². The van der Waals surface area contributed by atoms with Gasteiger partial charge < -0.3 is 11.1 Å². The van der Waals surface area contributed by atoms with Gasteiger partial charge >= 0.3 is 0 Å². The first-order chi connectivity index (χ1) is 11.6. The summed E-state index contributed by atoms with van der Waals surface area (Å²) in [6.45, 7) is 4.24. The summed E-state index contributed by atoms with van der Waals surface area (Å²) in [5.41, 5.74) is 7.52. The number of hydrogen-bond acceptors (Lipinski definition) is 3. The smallest absolute Gasteiger partial charge is 0.223 e. The van der Waals surface area contributed by atoms with Crippen LogP contribution in [0.5, 0.6) is 0 Å². The molecule has 0 spiro atoms. The van der Waals surface area contributed by atoms with Gasteiger partial charge in [-0.15, -0.1) is 24.2 Å². The van der Waals surface area contributed by atoms with E-state index in [4.69, 9.17) is 5.73 Å². The molecule has 0 aromatic heterocycles. The van der Waals surface area contributed by atoms with Gasteiger partial charge in [-0.3, -0.25) is 4.79 Å². The Kier molecular flexibility index (Phi) is 7.66. The zero-order valence-electron chi connectivity index (χ0n) is 15.2. The quantitative estimate of drug-likeness (QED) is 0.734. The fraction of sp³-hybridized carbons (Fsp3) is 0.650. The molecule has 0 saturated heterocycles. The Bertz CT molecular complexity index is 551. The molecule has 0 heterocycles.